The summed E-state index contributed by atoms with van der Waals surface area (Å²) in [7, 11) is 0. The van der Waals surface area contributed by atoms with Crippen molar-refractivity contribution >= 4 is 11.7 Å². The summed E-state index contributed by atoms with van der Waals surface area (Å²) < 4.78 is 0. The molecule has 2 heterocycles. The van der Waals surface area contributed by atoms with Crippen molar-refractivity contribution < 1.29 is 9.59 Å². The van der Waals surface area contributed by atoms with E-state index in [0.717, 1.165) is 58.0 Å². The molecule has 1 saturated carbocycles. The molecule has 3 aliphatic rings. The van der Waals surface area contributed by atoms with Crippen LogP contribution in [0.25, 0.3) is 0 Å². The molecule has 4 heteroatoms. The number of rotatable bonds is 2. The number of likely N-dealkylation sites (tertiary alicyclic amines) is 1. The van der Waals surface area contributed by atoms with Gasteiger partial charge in [-0.3, -0.25) is 14.5 Å². The fourth-order valence-corrected chi connectivity index (χ4v) is 4.29. The van der Waals surface area contributed by atoms with Crippen LogP contribution < -0.4 is 5.32 Å². The third-order valence-corrected chi connectivity index (χ3v) is 5.32. The van der Waals surface area contributed by atoms with Crippen LogP contribution in [0.2, 0.25) is 0 Å². The third kappa shape index (κ3) is 2.76. The highest BCUT2D eigenvalue weighted by Gasteiger charge is 2.41. The Morgan fingerprint density at radius 1 is 0.950 bits per heavy atom. The minimum Gasteiger partial charge on any atom is -0.355 e. The van der Waals surface area contributed by atoms with E-state index in [1.165, 1.54) is 12.8 Å². The van der Waals surface area contributed by atoms with E-state index in [-0.39, 0.29) is 17.9 Å². The molecule has 3 atom stereocenters. The smallest absolute Gasteiger partial charge is 0.237 e. The first kappa shape index (κ1) is 14.1. The quantitative estimate of drug-likeness (QED) is 0.839. The molecule has 0 aromatic rings. The normalized spacial score (nSPS) is 36.7. The van der Waals surface area contributed by atoms with E-state index in [1.54, 1.807) is 0 Å². The van der Waals surface area contributed by atoms with Crippen molar-refractivity contribution in [3.05, 3.63) is 0 Å². The van der Waals surface area contributed by atoms with Gasteiger partial charge in [-0.25, -0.2) is 0 Å². The minimum atomic E-state index is 0.0104. The fourth-order valence-electron chi connectivity index (χ4n) is 4.29. The van der Waals surface area contributed by atoms with Crippen LogP contribution in [0.1, 0.15) is 57.8 Å². The van der Waals surface area contributed by atoms with Gasteiger partial charge in [0.2, 0.25) is 5.91 Å². The molecular formula is C16H26N2O2. The Labute approximate surface area is 121 Å². The van der Waals surface area contributed by atoms with Gasteiger partial charge in [-0.1, -0.05) is 6.42 Å². The number of amides is 1. The Hall–Kier alpha value is -0.900. The van der Waals surface area contributed by atoms with Crippen molar-refractivity contribution in [3.63, 3.8) is 0 Å². The summed E-state index contributed by atoms with van der Waals surface area (Å²) in [5.41, 5.74) is 0. The number of hydrogen-bond donors (Lipinski definition) is 1. The molecule has 2 aliphatic heterocycles. The SMILES string of the molecule is O=C1CCCC1C1CCCCN1C1CCCCNC1=O. The van der Waals surface area contributed by atoms with E-state index >= 15 is 0 Å². The molecule has 1 N–H and O–H groups in total. The van der Waals surface area contributed by atoms with Gasteiger partial charge < -0.3 is 5.32 Å². The maximum absolute atomic E-state index is 12.3. The zero-order chi connectivity index (χ0) is 13.9. The second kappa shape index (κ2) is 6.25. The number of Topliss-reactive ketones (excluding diaryl/α,β-unsaturated/α-hetero) is 1. The van der Waals surface area contributed by atoms with Gasteiger partial charge in [0.1, 0.15) is 5.78 Å². The van der Waals surface area contributed by atoms with Crippen molar-refractivity contribution in [2.24, 2.45) is 5.92 Å². The molecule has 2 saturated heterocycles. The first-order valence-electron chi connectivity index (χ1n) is 8.33. The Morgan fingerprint density at radius 2 is 1.80 bits per heavy atom. The van der Waals surface area contributed by atoms with Gasteiger partial charge in [0.05, 0.1) is 6.04 Å². The molecule has 0 radical (unpaired) electrons. The average Bonchev–Trinajstić information content (AvgIpc) is 2.77. The molecule has 3 rings (SSSR count). The van der Waals surface area contributed by atoms with Gasteiger partial charge in [-0.15, -0.1) is 0 Å². The van der Waals surface area contributed by atoms with Crippen molar-refractivity contribution in [1.29, 1.82) is 0 Å². The number of ketones is 1. The van der Waals surface area contributed by atoms with E-state index < -0.39 is 0 Å². The van der Waals surface area contributed by atoms with E-state index in [4.69, 9.17) is 0 Å². The molecule has 3 unspecified atom stereocenters. The molecular weight excluding hydrogens is 252 g/mol. The second-order valence-corrected chi connectivity index (χ2v) is 6.57. The van der Waals surface area contributed by atoms with Crippen LogP contribution in [-0.2, 0) is 9.59 Å². The van der Waals surface area contributed by atoms with Crippen LogP contribution in [-0.4, -0.2) is 41.8 Å². The average molecular weight is 278 g/mol. The molecule has 4 nitrogen and oxygen atoms in total. The summed E-state index contributed by atoms with van der Waals surface area (Å²) >= 11 is 0. The largest absolute Gasteiger partial charge is 0.355 e. The highest BCUT2D eigenvalue weighted by Crippen LogP contribution is 2.34. The highest BCUT2D eigenvalue weighted by atomic mass is 16.2. The van der Waals surface area contributed by atoms with Crippen molar-refractivity contribution in [2.45, 2.75) is 69.9 Å². The van der Waals surface area contributed by atoms with Gasteiger partial charge in [0.15, 0.2) is 0 Å². The number of carbonyl (C=O) groups excluding carboxylic acids is 2. The molecule has 1 amide bonds. The lowest BCUT2D eigenvalue weighted by Crippen LogP contribution is -2.55. The predicted octanol–water partition coefficient (Wildman–Crippen LogP) is 1.88. The summed E-state index contributed by atoms with van der Waals surface area (Å²) in [6.07, 6.45) is 9.48. The summed E-state index contributed by atoms with van der Waals surface area (Å²) in [5, 5.41) is 3.05. The Bertz CT molecular complexity index is 383. The molecule has 20 heavy (non-hydrogen) atoms. The lowest BCUT2D eigenvalue weighted by atomic mass is 9.86. The monoisotopic (exact) mass is 278 g/mol. The Kier molecular flexibility index (Phi) is 4.39. The van der Waals surface area contributed by atoms with Crippen molar-refractivity contribution in [3.8, 4) is 0 Å². The molecule has 1 aliphatic carbocycles. The minimum absolute atomic E-state index is 0.0104. The van der Waals surface area contributed by atoms with Crippen molar-refractivity contribution in [1.82, 2.24) is 10.2 Å². The Balaban J connectivity index is 1.77. The first-order chi connectivity index (χ1) is 9.77. The van der Waals surface area contributed by atoms with Gasteiger partial charge in [-0.05, 0) is 51.5 Å². The van der Waals surface area contributed by atoms with E-state index in [1.807, 2.05) is 0 Å². The van der Waals surface area contributed by atoms with Crippen LogP contribution in [0, 0.1) is 5.92 Å². The molecule has 112 valence electrons. The molecule has 3 fully saturated rings. The lowest BCUT2D eigenvalue weighted by molar-refractivity contribution is -0.131. The van der Waals surface area contributed by atoms with Gasteiger partial charge in [-0.2, -0.15) is 0 Å². The number of carbonyl (C=O) groups is 2. The third-order valence-electron chi connectivity index (χ3n) is 5.32. The number of hydrogen-bond acceptors (Lipinski definition) is 3. The van der Waals surface area contributed by atoms with Gasteiger partial charge in [0.25, 0.3) is 0 Å². The van der Waals surface area contributed by atoms with Crippen LogP contribution in [0.5, 0.6) is 0 Å². The zero-order valence-corrected chi connectivity index (χ0v) is 12.3. The zero-order valence-electron chi connectivity index (χ0n) is 12.3. The molecule has 0 spiro atoms. The lowest BCUT2D eigenvalue weighted by Gasteiger charge is -2.42. The van der Waals surface area contributed by atoms with Crippen LogP contribution in [0.15, 0.2) is 0 Å². The summed E-state index contributed by atoms with van der Waals surface area (Å²) in [5.74, 6) is 0.835. The van der Waals surface area contributed by atoms with Gasteiger partial charge >= 0.3 is 0 Å². The van der Waals surface area contributed by atoms with E-state index in [0.29, 0.717) is 11.8 Å². The molecule has 0 aromatic carbocycles. The van der Waals surface area contributed by atoms with Crippen LogP contribution >= 0.6 is 0 Å². The maximum Gasteiger partial charge on any atom is 0.237 e. The number of nitrogens with zero attached hydrogens (tertiary/aromatic N) is 1. The molecule has 0 aromatic heterocycles. The van der Waals surface area contributed by atoms with E-state index in [9.17, 15) is 9.59 Å². The van der Waals surface area contributed by atoms with E-state index in [2.05, 4.69) is 10.2 Å². The van der Waals surface area contributed by atoms with Gasteiger partial charge in [0, 0.05) is 24.9 Å². The summed E-state index contributed by atoms with van der Waals surface area (Å²) in [6, 6.07) is 0.337. The highest BCUT2D eigenvalue weighted by molar-refractivity contribution is 5.84. The maximum atomic E-state index is 12.3. The Morgan fingerprint density at radius 3 is 2.60 bits per heavy atom. The van der Waals surface area contributed by atoms with Crippen molar-refractivity contribution in [2.75, 3.05) is 13.1 Å². The van der Waals surface area contributed by atoms with Crippen LogP contribution in [0.4, 0.5) is 0 Å². The fraction of sp³-hybridized carbons (Fsp3) is 0.875. The summed E-state index contributed by atoms with van der Waals surface area (Å²) in [4.78, 5) is 26.8. The second-order valence-electron chi connectivity index (χ2n) is 6.57. The summed E-state index contributed by atoms with van der Waals surface area (Å²) in [6.45, 7) is 1.81. The standard InChI is InChI=1S/C16H26N2O2/c19-15-9-5-6-12(15)13-7-2-4-11-18(13)14-8-1-3-10-17-16(14)20/h12-14H,1-11H2,(H,17,20). The number of nitrogens with one attached hydrogen (secondary N) is 1. The first-order valence-corrected chi connectivity index (χ1v) is 8.33. The molecule has 0 bridgehead atoms. The van der Waals surface area contributed by atoms with Crippen LogP contribution in [0.3, 0.4) is 0 Å². The predicted molar refractivity (Wildman–Crippen MR) is 77.3 cm³/mol. The number of piperidine rings is 1. The topological polar surface area (TPSA) is 49.4 Å².